The zero-order chi connectivity index (χ0) is 24.1. The van der Waals surface area contributed by atoms with Gasteiger partial charge in [0.2, 0.25) is 0 Å². The molecule has 1 saturated carbocycles. The number of carboxylic acid groups (broad SMARTS) is 1. The number of benzene rings is 2. The molecule has 1 aliphatic carbocycles. The highest BCUT2D eigenvalue weighted by Gasteiger charge is 2.30. The second kappa shape index (κ2) is 10.6. The van der Waals surface area contributed by atoms with Gasteiger partial charge in [0.25, 0.3) is 5.91 Å². The van der Waals surface area contributed by atoms with Crippen LogP contribution in [0.3, 0.4) is 0 Å². The molecule has 7 heteroatoms. The summed E-state index contributed by atoms with van der Waals surface area (Å²) in [7, 11) is 1.67. The number of ether oxygens (including phenoxy) is 1. The van der Waals surface area contributed by atoms with Gasteiger partial charge in [0.15, 0.2) is 0 Å². The molecule has 1 aromatic heterocycles. The second-order valence-corrected chi connectivity index (χ2v) is 8.95. The lowest BCUT2D eigenvalue weighted by Crippen LogP contribution is -2.26. The zero-order valence-corrected chi connectivity index (χ0v) is 19.7. The van der Waals surface area contributed by atoms with Crippen LogP contribution in [0.5, 0.6) is 5.75 Å². The average Bonchev–Trinajstić information content (AvgIpc) is 3.18. The van der Waals surface area contributed by atoms with Gasteiger partial charge < -0.3 is 24.9 Å². The summed E-state index contributed by atoms with van der Waals surface area (Å²) in [4.78, 5) is 22.9. The normalized spacial score (nSPS) is 15.1. The lowest BCUT2D eigenvalue weighted by atomic mass is 9.82. The molecule has 34 heavy (non-hydrogen) atoms. The number of hydrogen-bond donors (Lipinski definition) is 3. The molecule has 0 aliphatic heterocycles. The van der Waals surface area contributed by atoms with Crippen LogP contribution in [0.25, 0.3) is 11.0 Å². The van der Waals surface area contributed by atoms with E-state index in [-0.39, 0.29) is 24.9 Å². The lowest BCUT2D eigenvalue weighted by molar-refractivity contribution is -0.136. The van der Waals surface area contributed by atoms with E-state index in [2.05, 4.69) is 17.6 Å². The van der Waals surface area contributed by atoms with Crippen molar-refractivity contribution in [1.82, 2.24) is 5.32 Å². The van der Waals surface area contributed by atoms with Gasteiger partial charge in [-0.15, -0.1) is 0 Å². The van der Waals surface area contributed by atoms with Crippen molar-refractivity contribution in [2.24, 2.45) is 5.92 Å². The molecule has 0 radical (unpaired) electrons. The summed E-state index contributed by atoms with van der Waals surface area (Å²) >= 11 is 0. The number of carboxylic acids is 1. The van der Waals surface area contributed by atoms with Crippen LogP contribution in [-0.2, 0) is 4.79 Å². The highest BCUT2D eigenvalue weighted by Crippen LogP contribution is 2.41. The third kappa shape index (κ3) is 5.35. The second-order valence-electron chi connectivity index (χ2n) is 8.95. The Labute approximate surface area is 199 Å². The van der Waals surface area contributed by atoms with Crippen molar-refractivity contribution >= 4 is 28.5 Å². The molecule has 3 N–H and O–H groups in total. The lowest BCUT2D eigenvalue weighted by Gasteiger charge is -2.31. The highest BCUT2D eigenvalue weighted by molar-refractivity contribution is 5.94. The van der Waals surface area contributed by atoms with Crippen LogP contribution in [0.1, 0.15) is 66.2 Å². The molecule has 0 saturated heterocycles. The van der Waals surface area contributed by atoms with Crippen molar-refractivity contribution in [3.63, 3.8) is 0 Å². The van der Waals surface area contributed by atoms with E-state index in [1.807, 2.05) is 30.3 Å². The van der Waals surface area contributed by atoms with E-state index >= 15 is 0 Å². The summed E-state index contributed by atoms with van der Waals surface area (Å²) in [6.45, 7) is 2.21. The number of methoxy groups -OCH3 is 1. The van der Waals surface area contributed by atoms with Gasteiger partial charge in [0, 0.05) is 28.7 Å². The molecule has 1 unspecified atom stereocenters. The SMILES string of the molecule is COc1ccc2oc(C(Nc3ccc(C(=O)NCCC(=O)O)cc3)C3CCCCC3)c(C)c2c1. The predicted octanol–water partition coefficient (Wildman–Crippen LogP) is 5.69. The summed E-state index contributed by atoms with van der Waals surface area (Å²) in [6, 6.07) is 13.2. The van der Waals surface area contributed by atoms with Crippen LogP contribution in [0, 0.1) is 12.8 Å². The van der Waals surface area contributed by atoms with Gasteiger partial charge in [-0.1, -0.05) is 19.3 Å². The minimum Gasteiger partial charge on any atom is -0.497 e. The average molecular weight is 465 g/mol. The van der Waals surface area contributed by atoms with E-state index in [1.165, 1.54) is 19.3 Å². The number of rotatable bonds is 9. The minimum atomic E-state index is -0.937. The van der Waals surface area contributed by atoms with Gasteiger partial charge in [-0.05, 0) is 68.1 Å². The molecule has 3 aromatic rings. The summed E-state index contributed by atoms with van der Waals surface area (Å²) in [5, 5.41) is 16.1. The van der Waals surface area contributed by atoms with Crippen molar-refractivity contribution < 1.29 is 23.8 Å². The van der Waals surface area contributed by atoms with Gasteiger partial charge in [-0.2, -0.15) is 0 Å². The van der Waals surface area contributed by atoms with E-state index in [4.69, 9.17) is 14.3 Å². The Morgan fingerprint density at radius 3 is 2.53 bits per heavy atom. The zero-order valence-electron chi connectivity index (χ0n) is 19.7. The van der Waals surface area contributed by atoms with Crippen LogP contribution in [0.15, 0.2) is 46.9 Å². The summed E-state index contributed by atoms with van der Waals surface area (Å²) in [6.07, 6.45) is 5.88. The molecule has 1 heterocycles. The molecule has 1 fully saturated rings. The van der Waals surface area contributed by atoms with E-state index < -0.39 is 5.97 Å². The summed E-state index contributed by atoms with van der Waals surface area (Å²) < 4.78 is 11.8. The smallest absolute Gasteiger partial charge is 0.305 e. The van der Waals surface area contributed by atoms with Crippen molar-refractivity contribution in [2.45, 2.75) is 51.5 Å². The third-order valence-electron chi connectivity index (χ3n) is 6.68. The van der Waals surface area contributed by atoms with Crippen LogP contribution in [0.4, 0.5) is 5.69 Å². The predicted molar refractivity (Wildman–Crippen MR) is 131 cm³/mol. The quantitative estimate of drug-likeness (QED) is 0.376. The molecular weight excluding hydrogens is 432 g/mol. The Balaban J connectivity index is 1.57. The fourth-order valence-electron chi connectivity index (χ4n) is 4.79. The van der Waals surface area contributed by atoms with Gasteiger partial charge in [0.1, 0.15) is 17.1 Å². The first-order chi connectivity index (χ1) is 16.5. The Kier molecular flexibility index (Phi) is 7.40. The van der Waals surface area contributed by atoms with E-state index in [1.54, 1.807) is 19.2 Å². The number of anilines is 1. The number of fused-ring (bicyclic) bond motifs is 1. The van der Waals surface area contributed by atoms with Crippen molar-refractivity contribution in [2.75, 3.05) is 19.0 Å². The maximum Gasteiger partial charge on any atom is 0.305 e. The van der Waals surface area contributed by atoms with Crippen LogP contribution >= 0.6 is 0 Å². The number of hydrogen-bond acceptors (Lipinski definition) is 5. The monoisotopic (exact) mass is 464 g/mol. The number of furan rings is 1. The molecule has 2 aromatic carbocycles. The maximum absolute atomic E-state index is 12.3. The van der Waals surface area contributed by atoms with Crippen molar-refractivity contribution in [1.29, 1.82) is 0 Å². The van der Waals surface area contributed by atoms with E-state index in [9.17, 15) is 9.59 Å². The highest BCUT2D eigenvalue weighted by atomic mass is 16.5. The molecule has 1 amide bonds. The molecule has 7 nitrogen and oxygen atoms in total. The Bertz CT molecular complexity index is 1150. The van der Waals surface area contributed by atoms with Crippen LogP contribution < -0.4 is 15.4 Å². The molecule has 0 spiro atoms. The van der Waals surface area contributed by atoms with Gasteiger partial charge in [0.05, 0.1) is 19.6 Å². The van der Waals surface area contributed by atoms with E-state index in [0.717, 1.165) is 46.6 Å². The first-order valence-electron chi connectivity index (χ1n) is 11.9. The molecule has 4 rings (SSSR count). The number of amides is 1. The largest absolute Gasteiger partial charge is 0.497 e. The third-order valence-corrected chi connectivity index (χ3v) is 6.68. The molecule has 180 valence electrons. The first-order valence-corrected chi connectivity index (χ1v) is 11.9. The fourth-order valence-corrected chi connectivity index (χ4v) is 4.79. The Morgan fingerprint density at radius 2 is 1.85 bits per heavy atom. The number of aliphatic carboxylic acids is 1. The Hall–Kier alpha value is -3.48. The number of nitrogens with one attached hydrogen (secondary N) is 2. The molecule has 0 bridgehead atoms. The molecule has 1 aliphatic rings. The number of carbonyl (C=O) groups excluding carboxylic acids is 1. The summed E-state index contributed by atoms with van der Waals surface area (Å²) in [5.41, 5.74) is 3.38. The topological polar surface area (TPSA) is 101 Å². The van der Waals surface area contributed by atoms with Gasteiger partial charge >= 0.3 is 5.97 Å². The molecular formula is C27H32N2O5. The van der Waals surface area contributed by atoms with Crippen LogP contribution in [-0.4, -0.2) is 30.6 Å². The fraction of sp³-hybridized carbons (Fsp3) is 0.407. The van der Waals surface area contributed by atoms with Crippen molar-refractivity contribution in [3.8, 4) is 5.75 Å². The standard InChI is InChI=1S/C27H32N2O5/c1-17-22-16-21(33-2)12-13-23(22)34-26(17)25(18-6-4-3-5-7-18)29-20-10-8-19(9-11-20)27(32)28-15-14-24(30)31/h8-13,16,18,25,29H,3-7,14-15H2,1-2H3,(H,28,32)(H,30,31). The van der Waals surface area contributed by atoms with Gasteiger partial charge in [-0.25, -0.2) is 0 Å². The first kappa shape index (κ1) is 23.7. The maximum atomic E-state index is 12.3. The Morgan fingerprint density at radius 1 is 1.12 bits per heavy atom. The minimum absolute atomic E-state index is 0.0222. The summed E-state index contributed by atoms with van der Waals surface area (Å²) in [5.74, 6) is 0.994. The molecule has 1 atom stereocenters. The number of carbonyl (C=O) groups is 2. The van der Waals surface area contributed by atoms with Crippen LogP contribution in [0.2, 0.25) is 0 Å². The van der Waals surface area contributed by atoms with E-state index in [0.29, 0.717) is 11.5 Å². The van der Waals surface area contributed by atoms with Crippen molar-refractivity contribution in [3.05, 3.63) is 59.4 Å². The van der Waals surface area contributed by atoms with Gasteiger partial charge in [-0.3, -0.25) is 9.59 Å². The number of aryl methyl sites for hydroxylation is 1.